The highest BCUT2D eigenvalue weighted by Gasteiger charge is 2.30. The zero-order chi connectivity index (χ0) is 13.4. The maximum Gasteiger partial charge on any atom is 0.00759 e. The molecular formula is C14H30N2S2. The van der Waals surface area contributed by atoms with Crippen LogP contribution in [0.3, 0.4) is 0 Å². The molecule has 1 aliphatic rings. The Morgan fingerprint density at radius 1 is 1.17 bits per heavy atom. The van der Waals surface area contributed by atoms with Crippen LogP contribution < -0.4 is 11.5 Å². The summed E-state index contributed by atoms with van der Waals surface area (Å²) in [7, 11) is 0. The van der Waals surface area contributed by atoms with Crippen molar-refractivity contribution >= 4 is 23.5 Å². The van der Waals surface area contributed by atoms with E-state index in [1.165, 1.54) is 25.0 Å². The molecule has 0 bridgehead atoms. The van der Waals surface area contributed by atoms with Crippen molar-refractivity contribution in [3.63, 3.8) is 0 Å². The first-order valence-corrected chi connectivity index (χ1v) is 9.48. The molecule has 0 aliphatic heterocycles. The van der Waals surface area contributed by atoms with Crippen LogP contribution >= 0.6 is 23.5 Å². The van der Waals surface area contributed by atoms with Gasteiger partial charge in [-0.15, -0.1) is 0 Å². The molecule has 1 saturated carbocycles. The van der Waals surface area contributed by atoms with Gasteiger partial charge in [0.25, 0.3) is 0 Å². The van der Waals surface area contributed by atoms with Crippen LogP contribution in [0.5, 0.6) is 0 Å². The second-order valence-corrected chi connectivity index (χ2v) is 8.09. The number of hydrogen-bond donors (Lipinski definition) is 2. The van der Waals surface area contributed by atoms with Crippen LogP contribution in [0.15, 0.2) is 0 Å². The third kappa shape index (κ3) is 5.72. The van der Waals surface area contributed by atoms with Crippen molar-refractivity contribution in [3.8, 4) is 0 Å². The molecule has 108 valence electrons. The maximum absolute atomic E-state index is 5.63. The van der Waals surface area contributed by atoms with Gasteiger partial charge in [-0.2, -0.15) is 23.5 Å². The van der Waals surface area contributed by atoms with Crippen molar-refractivity contribution in [1.82, 2.24) is 0 Å². The highest BCUT2D eigenvalue weighted by Crippen LogP contribution is 2.39. The van der Waals surface area contributed by atoms with E-state index in [4.69, 9.17) is 11.5 Å². The van der Waals surface area contributed by atoms with E-state index < -0.39 is 0 Å². The van der Waals surface area contributed by atoms with E-state index in [1.807, 2.05) is 11.8 Å². The molecule has 4 heteroatoms. The lowest BCUT2D eigenvalue weighted by atomic mass is 9.77. The average Bonchev–Trinajstić information content (AvgIpc) is 2.38. The predicted molar refractivity (Wildman–Crippen MR) is 87.3 cm³/mol. The Balaban J connectivity index is 2.33. The molecule has 0 radical (unpaired) electrons. The molecule has 18 heavy (non-hydrogen) atoms. The third-order valence-corrected chi connectivity index (χ3v) is 6.90. The highest BCUT2D eigenvalue weighted by atomic mass is 32.2. The van der Waals surface area contributed by atoms with Crippen LogP contribution in [-0.2, 0) is 0 Å². The van der Waals surface area contributed by atoms with Gasteiger partial charge in [-0.25, -0.2) is 0 Å². The van der Waals surface area contributed by atoms with Gasteiger partial charge in [-0.05, 0) is 42.8 Å². The van der Waals surface area contributed by atoms with Gasteiger partial charge in [0.1, 0.15) is 0 Å². The summed E-state index contributed by atoms with van der Waals surface area (Å²) in [6.07, 6.45) is 4.22. The SMILES string of the molecule is CC1CC[C@H](C(C)CSCCN)CC1SCCN. The number of thioether (sulfide) groups is 2. The molecule has 1 fully saturated rings. The van der Waals surface area contributed by atoms with Crippen LogP contribution in [0.2, 0.25) is 0 Å². The van der Waals surface area contributed by atoms with E-state index in [1.54, 1.807) is 0 Å². The second-order valence-electron chi connectivity index (χ2n) is 5.59. The fourth-order valence-corrected chi connectivity index (χ4v) is 5.03. The summed E-state index contributed by atoms with van der Waals surface area (Å²) >= 11 is 4.13. The number of rotatable bonds is 8. The summed E-state index contributed by atoms with van der Waals surface area (Å²) in [6.45, 7) is 6.47. The average molecular weight is 291 g/mol. The first-order valence-electron chi connectivity index (χ1n) is 7.28. The van der Waals surface area contributed by atoms with Crippen LogP contribution in [0.25, 0.3) is 0 Å². The lowest BCUT2D eigenvalue weighted by molar-refractivity contribution is 0.245. The topological polar surface area (TPSA) is 52.0 Å². The zero-order valence-electron chi connectivity index (χ0n) is 11.9. The fraction of sp³-hybridized carbons (Fsp3) is 1.00. The van der Waals surface area contributed by atoms with Crippen molar-refractivity contribution in [2.45, 2.75) is 38.4 Å². The van der Waals surface area contributed by atoms with Gasteiger partial charge >= 0.3 is 0 Å². The van der Waals surface area contributed by atoms with E-state index in [9.17, 15) is 0 Å². The minimum atomic E-state index is 0.814. The number of hydrogen-bond acceptors (Lipinski definition) is 4. The molecule has 0 aromatic rings. The largest absolute Gasteiger partial charge is 0.330 e. The fourth-order valence-electron chi connectivity index (χ4n) is 2.77. The summed E-state index contributed by atoms with van der Waals surface area (Å²) in [5.41, 5.74) is 11.2. The molecule has 2 nitrogen and oxygen atoms in total. The highest BCUT2D eigenvalue weighted by molar-refractivity contribution is 8.00. The Hall–Kier alpha value is 0.620. The van der Waals surface area contributed by atoms with E-state index >= 15 is 0 Å². The lowest BCUT2D eigenvalue weighted by Crippen LogP contribution is -2.30. The molecule has 0 amide bonds. The summed E-state index contributed by atoms with van der Waals surface area (Å²) in [5, 5.41) is 0.842. The number of nitrogens with two attached hydrogens (primary N) is 2. The van der Waals surface area contributed by atoms with Gasteiger partial charge in [0, 0.05) is 29.8 Å². The molecule has 4 N–H and O–H groups in total. The molecule has 4 atom stereocenters. The van der Waals surface area contributed by atoms with Crippen LogP contribution in [0, 0.1) is 17.8 Å². The summed E-state index contributed by atoms with van der Waals surface area (Å²) < 4.78 is 0. The molecule has 1 aliphatic carbocycles. The molecule has 1 rings (SSSR count). The molecule has 0 spiro atoms. The standard InChI is InChI=1S/C14H30N2S2/c1-11-3-4-13(9-14(11)18-8-6-16)12(2)10-17-7-5-15/h11-14H,3-10,15-16H2,1-2H3/t11?,12?,13-,14?/m0/s1. The Morgan fingerprint density at radius 3 is 2.56 bits per heavy atom. The molecule has 0 aromatic heterocycles. The molecule has 3 unspecified atom stereocenters. The van der Waals surface area contributed by atoms with Crippen LogP contribution in [-0.4, -0.2) is 35.6 Å². The molecule has 0 aromatic carbocycles. The monoisotopic (exact) mass is 290 g/mol. The third-order valence-electron chi connectivity index (χ3n) is 4.06. The summed E-state index contributed by atoms with van der Waals surface area (Å²) in [5.74, 6) is 6.15. The van der Waals surface area contributed by atoms with Gasteiger partial charge in [-0.3, -0.25) is 0 Å². The first kappa shape index (κ1) is 16.7. The van der Waals surface area contributed by atoms with E-state index in [0.29, 0.717) is 0 Å². The van der Waals surface area contributed by atoms with Crippen molar-refractivity contribution in [3.05, 3.63) is 0 Å². The minimum absolute atomic E-state index is 0.814. The molecule has 0 heterocycles. The van der Waals surface area contributed by atoms with Gasteiger partial charge in [-0.1, -0.05) is 13.8 Å². The van der Waals surface area contributed by atoms with Crippen molar-refractivity contribution < 1.29 is 0 Å². The minimum Gasteiger partial charge on any atom is -0.330 e. The first-order chi connectivity index (χ1) is 8.69. The van der Waals surface area contributed by atoms with Gasteiger partial charge in [0.05, 0.1) is 0 Å². The summed E-state index contributed by atoms with van der Waals surface area (Å²) in [6, 6.07) is 0. The predicted octanol–water partition coefficient (Wildman–Crippen LogP) is 2.81. The Kier molecular flexibility index (Phi) is 8.81. The normalized spacial score (nSPS) is 30.3. The maximum atomic E-state index is 5.63. The van der Waals surface area contributed by atoms with Crippen molar-refractivity contribution in [2.24, 2.45) is 29.2 Å². The van der Waals surface area contributed by atoms with Gasteiger partial charge in [0.2, 0.25) is 0 Å². The van der Waals surface area contributed by atoms with Crippen molar-refractivity contribution in [2.75, 3.05) is 30.3 Å². The van der Waals surface area contributed by atoms with Crippen LogP contribution in [0.1, 0.15) is 33.1 Å². The van der Waals surface area contributed by atoms with Gasteiger partial charge in [0.15, 0.2) is 0 Å². The quantitative estimate of drug-likeness (QED) is 0.675. The zero-order valence-corrected chi connectivity index (χ0v) is 13.6. The second kappa shape index (κ2) is 9.51. The lowest BCUT2D eigenvalue weighted by Gasteiger charge is -2.36. The van der Waals surface area contributed by atoms with Crippen LogP contribution in [0.4, 0.5) is 0 Å². The smallest absolute Gasteiger partial charge is 0.00759 e. The van der Waals surface area contributed by atoms with Crippen molar-refractivity contribution in [1.29, 1.82) is 0 Å². The van der Waals surface area contributed by atoms with Gasteiger partial charge < -0.3 is 11.5 Å². The van der Waals surface area contributed by atoms with E-state index in [0.717, 1.165) is 47.6 Å². The Labute approximate surface area is 121 Å². The molecule has 0 saturated heterocycles. The molecular weight excluding hydrogens is 260 g/mol. The van der Waals surface area contributed by atoms with E-state index in [2.05, 4.69) is 25.6 Å². The summed E-state index contributed by atoms with van der Waals surface area (Å²) in [4.78, 5) is 0. The Bertz CT molecular complexity index is 214. The van der Waals surface area contributed by atoms with E-state index in [-0.39, 0.29) is 0 Å². The Morgan fingerprint density at radius 2 is 1.89 bits per heavy atom.